The van der Waals surface area contributed by atoms with E-state index in [1.165, 1.54) is 0 Å². The molecule has 5 nitrogen and oxygen atoms in total. The normalized spacial score (nSPS) is 14.8. The number of carbonyl (C=O) groups excluding carboxylic acids is 1. The Bertz CT molecular complexity index is 394. The van der Waals surface area contributed by atoms with Crippen LogP contribution in [0.2, 0.25) is 0 Å². The van der Waals surface area contributed by atoms with Gasteiger partial charge in [-0.1, -0.05) is 0 Å². The minimum absolute atomic E-state index is 0. The van der Waals surface area contributed by atoms with Crippen LogP contribution in [0.1, 0.15) is 16.1 Å². The Morgan fingerprint density at radius 2 is 2.05 bits per heavy atom. The van der Waals surface area contributed by atoms with E-state index in [0.29, 0.717) is 12.1 Å². The molecule has 2 rings (SSSR count). The van der Waals surface area contributed by atoms with E-state index in [-0.39, 0.29) is 30.7 Å². The molecular weight excluding hydrogens is 299 g/mol. The molecule has 0 atom stereocenters. The van der Waals surface area contributed by atoms with Crippen LogP contribution in [0.15, 0.2) is 18.3 Å². The van der Waals surface area contributed by atoms with Crippen molar-refractivity contribution in [1.29, 1.82) is 0 Å². The number of rotatable bonds is 4. The van der Waals surface area contributed by atoms with Crippen LogP contribution >= 0.6 is 24.8 Å². The zero-order valence-corrected chi connectivity index (χ0v) is 13.2. The zero-order valence-electron chi connectivity index (χ0n) is 11.6. The molecule has 0 bridgehead atoms. The van der Waals surface area contributed by atoms with Crippen molar-refractivity contribution in [3.05, 3.63) is 29.6 Å². The number of nitrogens with one attached hydrogen (secondary N) is 2. The van der Waals surface area contributed by atoms with E-state index in [9.17, 15) is 4.79 Å². The lowest BCUT2D eigenvalue weighted by Crippen LogP contribution is -2.46. The molecule has 1 fully saturated rings. The van der Waals surface area contributed by atoms with Gasteiger partial charge in [0.15, 0.2) is 0 Å². The summed E-state index contributed by atoms with van der Waals surface area (Å²) in [4.78, 5) is 18.3. The summed E-state index contributed by atoms with van der Waals surface area (Å²) >= 11 is 0. The SMILES string of the molecule is Cc1ccc(C(=O)NCCN2CCNCC2)cn1.Cl.Cl. The van der Waals surface area contributed by atoms with Gasteiger partial charge in [0.05, 0.1) is 5.56 Å². The molecule has 1 saturated heterocycles. The maximum Gasteiger partial charge on any atom is 0.252 e. The highest BCUT2D eigenvalue weighted by Gasteiger charge is 2.10. The molecule has 0 aliphatic carbocycles. The molecule has 7 heteroatoms. The maximum absolute atomic E-state index is 11.8. The molecule has 0 unspecified atom stereocenters. The second-order valence-corrected chi connectivity index (χ2v) is 4.54. The molecule has 20 heavy (non-hydrogen) atoms. The van der Waals surface area contributed by atoms with Gasteiger partial charge in [-0.05, 0) is 19.1 Å². The van der Waals surface area contributed by atoms with Gasteiger partial charge in [0.1, 0.15) is 0 Å². The van der Waals surface area contributed by atoms with Crippen LogP contribution in [-0.4, -0.2) is 55.1 Å². The number of hydrogen-bond acceptors (Lipinski definition) is 4. The average molecular weight is 321 g/mol. The number of nitrogens with zero attached hydrogens (tertiary/aromatic N) is 2. The molecule has 1 aliphatic rings. The quantitative estimate of drug-likeness (QED) is 0.864. The number of amides is 1. The third-order valence-electron chi connectivity index (χ3n) is 3.10. The molecule has 2 heterocycles. The zero-order chi connectivity index (χ0) is 12.8. The van der Waals surface area contributed by atoms with Gasteiger partial charge < -0.3 is 10.6 Å². The molecule has 1 aromatic heterocycles. The van der Waals surface area contributed by atoms with E-state index in [0.717, 1.165) is 38.4 Å². The third-order valence-corrected chi connectivity index (χ3v) is 3.10. The Morgan fingerprint density at radius 3 is 2.65 bits per heavy atom. The number of piperazine rings is 1. The molecule has 114 valence electrons. The number of pyridine rings is 1. The molecule has 0 radical (unpaired) electrons. The lowest BCUT2D eigenvalue weighted by Gasteiger charge is -2.27. The van der Waals surface area contributed by atoms with Crippen molar-refractivity contribution in [2.75, 3.05) is 39.3 Å². The highest BCUT2D eigenvalue weighted by Crippen LogP contribution is 1.99. The van der Waals surface area contributed by atoms with Crippen LogP contribution in [0, 0.1) is 6.92 Å². The second-order valence-electron chi connectivity index (χ2n) is 4.54. The highest BCUT2D eigenvalue weighted by molar-refractivity contribution is 5.93. The smallest absolute Gasteiger partial charge is 0.252 e. The Hall–Kier alpha value is -0.880. The molecule has 2 N–H and O–H groups in total. The van der Waals surface area contributed by atoms with Gasteiger partial charge in [-0.2, -0.15) is 0 Å². The van der Waals surface area contributed by atoms with Crippen LogP contribution in [0.25, 0.3) is 0 Å². The minimum Gasteiger partial charge on any atom is -0.351 e. The van der Waals surface area contributed by atoms with Gasteiger partial charge in [-0.3, -0.25) is 14.7 Å². The van der Waals surface area contributed by atoms with Crippen molar-refractivity contribution in [1.82, 2.24) is 20.5 Å². The summed E-state index contributed by atoms with van der Waals surface area (Å²) in [5.41, 5.74) is 1.55. The predicted molar refractivity (Wildman–Crippen MR) is 85.1 cm³/mol. The third kappa shape index (κ3) is 6.05. The van der Waals surface area contributed by atoms with Crippen LogP contribution in [0.5, 0.6) is 0 Å². The number of halogens is 2. The Balaban J connectivity index is 0.00000180. The van der Waals surface area contributed by atoms with Crippen molar-refractivity contribution >= 4 is 30.7 Å². The van der Waals surface area contributed by atoms with E-state index in [1.54, 1.807) is 6.20 Å². The van der Waals surface area contributed by atoms with Crippen molar-refractivity contribution in [3.8, 4) is 0 Å². The number of aromatic nitrogens is 1. The second kappa shape index (κ2) is 9.94. The van der Waals surface area contributed by atoms with Crippen LogP contribution in [0.3, 0.4) is 0 Å². The van der Waals surface area contributed by atoms with E-state index in [4.69, 9.17) is 0 Å². The van der Waals surface area contributed by atoms with E-state index >= 15 is 0 Å². The fourth-order valence-corrected chi connectivity index (χ4v) is 1.97. The largest absolute Gasteiger partial charge is 0.351 e. The Morgan fingerprint density at radius 1 is 1.35 bits per heavy atom. The molecule has 1 amide bonds. The first-order valence-corrected chi connectivity index (χ1v) is 6.39. The fraction of sp³-hybridized carbons (Fsp3) is 0.538. The van der Waals surface area contributed by atoms with Gasteiger partial charge in [-0.15, -0.1) is 24.8 Å². The summed E-state index contributed by atoms with van der Waals surface area (Å²) in [5.74, 6) is -0.0439. The van der Waals surface area contributed by atoms with Crippen LogP contribution < -0.4 is 10.6 Å². The maximum atomic E-state index is 11.8. The lowest BCUT2D eigenvalue weighted by molar-refractivity contribution is 0.0947. The molecule has 0 saturated carbocycles. The lowest BCUT2D eigenvalue weighted by atomic mass is 10.2. The number of hydrogen-bond donors (Lipinski definition) is 2. The van der Waals surface area contributed by atoms with Crippen molar-refractivity contribution < 1.29 is 4.79 Å². The van der Waals surface area contributed by atoms with E-state index in [1.807, 2.05) is 19.1 Å². The summed E-state index contributed by atoms with van der Waals surface area (Å²) in [7, 11) is 0. The van der Waals surface area contributed by atoms with Crippen molar-refractivity contribution in [3.63, 3.8) is 0 Å². The Kier molecular flexibility index (Phi) is 9.50. The van der Waals surface area contributed by atoms with Gasteiger partial charge in [0, 0.05) is 51.2 Å². The fourth-order valence-electron chi connectivity index (χ4n) is 1.97. The van der Waals surface area contributed by atoms with Crippen molar-refractivity contribution in [2.24, 2.45) is 0 Å². The summed E-state index contributed by atoms with van der Waals surface area (Å²) in [5, 5.41) is 6.23. The van der Waals surface area contributed by atoms with E-state index in [2.05, 4.69) is 20.5 Å². The minimum atomic E-state index is -0.0439. The summed E-state index contributed by atoms with van der Waals surface area (Å²) in [6, 6.07) is 3.66. The van der Waals surface area contributed by atoms with Crippen molar-refractivity contribution in [2.45, 2.75) is 6.92 Å². The summed E-state index contributed by atoms with van der Waals surface area (Å²) < 4.78 is 0. The molecule has 0 spiro atoms. The van der Waals surface area contributed by atoms with Gasteiger partial charge in [0.2, 0.25) is 0 Å². The Labute approximate surface area is 132 Å². The average Bonchev–Trinajstić information content (AvgIpc) is 2.40. The van der Waals surface area contributed by atoms with Crippen LogP contribution in [0.4, 0.5) is 0 Å². The van der Waals surface area contributed by atoms with Gasteiger partial charge in [-0.25, -0.2) is 0 Å². The summed E-state index contributed by atoms with van der Waals surface area (Å²) in [6.07, 6.45) is 1.62. The highest BCUT2D eigenvalue weighted by atomic mass is 35.5. The molecule has 1 aromatic rings. The summed E-state index contributed by atoms with van der Waals surface area (Å²) in [6.45, 7) is 7.70. The first-order chi connectivity index (χ1) is 8.75. The molecule has 1 aliphatic heterocycles. The number of carbonyl (C=O) groups is 1. The standard InChI is InChI=1S/C13H20N4O.2ClH/c1-11-2-3-12(10-16-11)13(18)15-6-9-17-7-4-14-5-8-17;;/h2-3,10,14H,4-9H2,1H3,(H,15,18);2*1H. The molecule has 0 aromatic carbocycles. The van der Waals surface area contributed by atoms with Gasteiger partial charge >= 0.3 is 0 Å². The number of aryl methyl sites for hydroxylation is 1. The first-order valence-electron chi connectivity index (χ1n) is 6.39. The van der Waals surface area contributed by atoms with E-state index < -0.39 is 0 Å². The monoisotopic (exact) mass is 320 g/mol. The van der Waals surface area contributed by atoms with Gasteiger partial charge in [0.25, 0.3) is 5.91 Å². The molecular formula is C13H22Cl2N4O. The topological polar surface area (TPSA) is 57.3 Å². The van der Waals surface area contributed by atoms with Crippen LogP contribution in [-0.2, 0) is 0 Å². The first kappa shape index (κ1) is 19.1. The predicted octanol–water partition coefficient (Wildman–Crippen LogP) is 0.869.